The highest BCUT2D eigenvalue weighted by molar-refractivity contribution is 5.91. The van der Waals surface area contributed by atoms with E-state index in [9.17, 15) is 4.79 Å². The zero-order valence-corrected chi connectivity index (χ0v) is 19.4. The van der Waals surface area contributed by atoms with Gasteiger partial charge in [-0.2, -0.15) is 5.10 Å². The van der Waals surface area contributed by atoms with Gasteiger partial charge in [0.1, 0.15) is 5.75 Å². The van der Waals surface area contributed by atoms with Gasteiger partial charge in [-0.25, -0.2) is 0 Å². The van der Waals surface area contributed by atoms with Crippen molar-refractivity contribution >= 4 is 11.7 Å². The number of nitrogens with zero attached hydrogens (tertiary/aromatic N) is 2. The van der Waals surface area contributed by atoms with Crippen molar-refractivity contribution in [1.82, 2.24) is 15.1 Å². The fourth-order valence-corrected chi connectivity index (χ4v) is 4.12. The fourth-order valence-electron chi connectivity index (χ4n) is 4.12. The van der Waals surface area contributed by atoms with Gasteiger partial charge in [0.15, 0.2) is 12.4 Å². The van der Waals surface area contributed by atoms with Crippen molar-refractivity contribution in [3.05, 3.63) is 76.5 Å². The van der Waals surface area contributed by atoms with Crippen molar-refractivity contribution in [1.29, 1.82) is 0 Å². The summed E-state index contributed by atoms with van der Waals surface area (Å²) in [5, 5.41) is 10.4. The van der Waals surface area contributed by atoms with Gasteiger partial charge in [-0.15, -0.1) is 0 Å². The number of carbonyl (C=O) groups excluding carboxylic acids is 1. The largest absolute Gasteiger partial charge is 0.483 e. The molecule has 2 N–H and O–H groups in total. The van der Waals surface area contributed by atoms with E-state index in [0.717, 1.165) is 48.6 Å². The quantitative estimate of drug-likeness (QED) is 0.598. The molecule has 1 amide bonds. The minimum Gasteiger partial charge on any atom is -0.483 e. The number of aromatic nitrogens is 2. The Kier molecular flexibility index (Phi) is 6.33. The van der Waals surface area contributed by atoms with Crippen molar-refractivity contribution < 1.29 is 9.53 Å². The lowest BCUT2D eigenvalue weighted by molar-refractivity contribution is -0.118. The summed E-state index contributed by atoms with van der Waals surface area (Å²) in [6.07, 6.45) is 0.848. The molecule has 0 aliphatic carbocycles. The Bertz CT molecular complexity index is 1080. The van der Waals surface area contributed by atoms with E-state index in [1.54, 1.807) is 0 Å². The molecule has 32 heavy (non-hydrogen) atoms. The number of hydrogen-bond donors (Lipinski definition) is 2. The van der Waals surface area contributed by atoms with E-state index in [1.807, 2.05) is 18.2 Å². The van der Waals surface area contributed by atoms with Gasteiger partial charge in [-0.1, -0.05) is 68.8 Å². The van der Waals surface area contributed by atoms with Crippen molar-refractivity contribution in [2.24, 2.45) is 0 Å². The molecule has 6 heteroatoms. The maximum atomic E-state index is 12.6. The maximum absolute atomic E-state index is 12.6. The third kappa shape index (κ3) is 5.19. The van der Waals surface area contributed by atoms with Crippen LogP contribution < -0.4 is 10.1 Å². The number of carbonyl (C=O) groups is 1. The number of amides is 1. The highest BCUT2D eigenvalue weighted by atomic mass is 16.5. The number of benzene rings is 2. The van der Waals surface area contributed by atoms with Crippen LogP contribution in [0, 0.1) is 6.92 Å². The van der Waals surface area contributed by atoms with Gasteiger partial charge >= 0.3 is 0 Å². The topological polar surface area (TPSA) is 70.2 Å². The number of aryl methyl sites for hydroxylation is 1. The van der Waals surface area contributed by atoms with Crippen LogP contribution in [0.25, 0.3) is 0 Å². The molecule has 0 fully saturated rings. The molecule has 0 saturated carbocycles. The minimum absolute atomic E-state index is 0.0477. The molecule has 1 aliphatic heterocycles. The molecule has 2 aromatic carbocycles. The Balaban J connectivity index is 1.36. The summed E-state index contributed by atoms with van der Waals surface area (Å²) in [5.41, 5.74) is 5.67. The van der Waals surface area contributed by atoms with Crippen LogP contribution in [-0.2, 0) is 29.7 Å². The smallest absolute Gasteiger partial charge is 0.263 e. The van der Waals surface area contributed by atoms with Gasteiger partial charge in [0.25, 0.3) is 5.91 Å². The first-order chi connectivity index (χ1) is 15.3. The SMILES string of the molecule is Cc1ccc(OCC(=O)Nc2n[nH]c3c2CCN(Cc2ccccc2)C3)c(C(C)(C)C)c1. The van der Waals surface area contributed by atoms with Gasteiger partial charge in [0.05, 0.1) is 5.69 Å². The molecular formula is C26H32N4O2. The molecule has 0 saturated heterocycles. The highest BCUT2D eigenvalue weighted by Gasteiger charge is 2.24. The summed E-state index contributed by atoms with van der Waals surface area (Å²) < 4.78 is 5.90. The van der Waals surface area contributed by atoms with E-state index in [4.69, 9.17) is 4.74 Å². The molecule has 3 aromatic rings. The second-order valence-electron chi connectivity index (χ2n) is 9.56. The summed E-state index contributed by atoms with van der Waals surface area (Å²) in [6.45, 7) is 11.1. The second kappa shape index (κ2) is 9.17. The number of ether oxygens (including phenoxy) is 1. The van der Waals surface area contributed by atoms with Gasteiger partial charge in [0.2, 0.25) is 0 Å². The van der Waals surface area contributed by atoms with Crippen molar-refractivity contribution in [3.8, 4) is 5.75 Å². The van der Waals surface area contributed by atoms with E-state index in [-0.39, 0.29) is 17.9 Å². The third-order valence-corrected chi connectivity index (χ3v) is 5.82. The molecular weight excluding hydrogens is 400 g/mol. The Labute approximate surface area is 190 Å². The van der Waals surface area contributed by atoms with E-state index in [1.165, 1.54) is 11.1 Å². The third-order valence-electron chi connectivity index (χ3n) is 5.82. The Morgan fingerprint density at radius 3 is 2.72 bits per heavy atom. The predicted molar refractivity (Wildman–Crippen MR) is 127 cm³/mol. The lowest BCUT2D eigenvalue weighted by Crippen LogP contribution is -2.30. The zero-order chi connectivity index (χ0) is 22.7. The van der Waals surface area contributed by atoms with Crippen LogP contribution in [0.2, 0.25) is 0 Å². The summed E-state index contributed by atoms with van der Waals surface area (Å²) >= 11 is 0. The normalized spacial score (nSPS) is 14.1. The van der Waals surface area contributed by atoms with Crippen molar-refractivity contribution in [3.63, 3.8) is 0 Å². The van der Waals surface area contributed by atoms with Gasteiger partial charge in [-0.3, -0.25) is 14.8 Å². The number of rotatable bonds is 6. The molecule has 6 nitrogen and oxygen atoms in total. The first-order valence-corrected chi connectivity index (χ1v) is 11.2. The second-order valence-corrected chi connectivity index (χ2v) is 9.56. The number of fused-ring (bicyclic) bond motifs is 1. The monoisotopic (exact) mass is 432 g/mol. The first kappa shape index (κ1) is 22.1. The zero-order valence-electron chi connectivity index (χ0n) is 19.4. The molecule has 0 atom stereocenters. The predicted octanol–water partition coefficient (Wildman–Crippen LogP) is 4.59. The average molecular weight is 433 g/mol. The van der Waals surface area contributed by atoms with Gasteiger partial charge in [-0.05, 0) is 36.0 Å². The Morgan fingerprint density at radius 1 is 1.19 bits per heavy atom. The van der Waals surface area contributed by atoms with Crippen LogP contribution in [0.15, 0.2) is 48.5 Å². The van der Waals surface area contributed by atoms with Crippen LogP contribution >= 0.6 is 0 Å². The molecule has 1 aliphatic rings. The van der Waals surface area contributed by atoms with E-state index in [0.29, 0.717) is 5.82 Å². The highest BCUT2D eigenvalue weighted by Crippen LogP contribution is 2.32. The minimum atomic E-state index is -0.202. The van der Waals surface area contributed by atoms with Crippen LogP contribution in [0.5, 0.6) is 5.75 Å². The average Bonchev–Trinajstić information content (AvgIpc) is 3.15. The van der Waals surface area contributed by atoms with Crippen LogP contribution in [0.4, 0.5) is 5.82 Å². The molecule has 1 aromatic heterocycles. The molecule has 0 bridgehead atoms. The number of anilines is 1. The fraction of sp³-hybridized carbons (Fsp3) is 0.385. The van der Waals surface area contributed by atoms with Gasteiger partial charge in [0, 0.05) is 25.2 Å². The van der Waals surface area contributed by atoms with Crippen molar-refractivity contribution in [2.75, 3.05) is 18.5 Å². The standard InChI is InChI=1S/C26H32N4O2/c1-18-10-11-23(21(14-18)26(2,3)4)32-17-24(31)27-25-20-12-13-30(16-22(20)28-29-25)15-19-8-6-5-7-9-19/h5-11,14H,12-13,15-17H2,1-4H3,(H2,27,28,29,31). The molecule has 0 spiro atoms. The maximum Gasteiger partial charge on any atom is 0.263 e. The van der Waals surface area contributed by atoms with Gasteiger partial charge < -0.3 is 10.1 Å². The van der Waals surface area contributed by atoms with E-state index >= 15 is 0 Å². The summed E-state index contributed by atoms with van der Waals surface area (Å²) in [7, 11) is 0. The van der Waals surface area contributed by atoms with Crippen LogP contribution in [-0.4, -0.2) is 34.2 Å². The number of H-pyrrole nitrogens is 1. The number of hydrogen-bond acceptors (Lipinski definition) is 4. The van der Waals surface area contributed by atoms with Crippen molar-refractivity contribution in [2.45, 2.75) is 52.6 Å². The molecule has 4 rings (SSSR count). The molecule has 2 heterocycles. The number of nitrogens with one attached hydrogen (secondary N) is 2. The lowest BCUT2D eigenvalue weighted by atomic mass is 9.85. The Hall–Kier alpha value is -3.12. The molecule has 0 unspecified atom stereocenters. The van der Waals surface area contributed by atoms with E-state index in [2.05, 4.69) is 78.4 Å². The molecule has 0 radical (unpaired) electrons. The molecule has 168 valence electrons. The summed E-state index contributed by atoms with van der Waals surface area (Å²) in [5.74, 6) is 1.17. The summed E-state index contributed by atoms with van der Waals surface area (Å²) in [4.78, 5) is 15.0. The van der Waals surface area contributed by atoms with Crippen LogP contribution in [0.3, 0.4) is 0 Å². The lowest BCUT2D eigenvalue weighted by Gasteiger charge is -2.26. The van der Waals surface area contributed by atoms with E-state index < -0.39 is 0 Å². The summed E-state index contributed by atoms with van der Waals surface area (Å²) in [6, 6.07) is 16.5. The number of aromatic amines is 1. The Morgan fingerprint density at radius 2 is 1.97 bits per heavy atom. The van der Waals surface area contributed by atoms with Crippen LogP contribution in [0.1, 0.15) is 48.7 Å². The first-order valence-electron chi connectivity index (χ1n) is 11.2.